The zero-order valence-electron chi connectivity index (χ0n) is 10.7. The van der Waals surface area contributed by atoms with E-state index >= 15 is 0 Å². The van der Waals surface area contributed by atoms with Gasteiger partial charge in [-0.1, -0.05) is 6.92 Å². The van der Waals surface area contributed by atoms with E-state index in [4.69, 9.17) is 0 Å². The number of amides is 1. The zero-order chi connectivity index (χ0) is 12.4. The van der Waals surface area contributed by atoms with Crippen molar-refractivity contribution in [2.75, 3.05) is 6.54 Å². The molecule has 1 aliphatic rings. The molecular weight excluding hydrogens is 216 g/mol. The van der Waals surface area contributed by atoms with Gasteiger partial charge in [0.2, 0.25) is 5.82 Å². The standard InChI is InChI=1S/C12H20N4O/c1-4-8(3)16(5-2)12(17)11-13-10(14-15-11)9-6-7-9/h8-9H,4-7H2,1-3H3,(H,13,14,15). The van der Waals surface area contributed by atoms with Gasteiger partial charge < -0.3 is 4.90 Å². The molecule has 1 saturated carbocycles. The maximum Gasteiger partial charge on any atom is 0.293 e. The van der Waals surface area contributed by atoms with Gasteiger partial charge in [-0.2, -0.15) is 0 Å². The first-order chi connectivity index (χ1) is 8.17. The molecule has 0 radical (unpaired) electrons. The van der Waals surface area contributed by atoms with Crippen LogP contribution in [0.4, 0.5) is 0 Å². The summed E-state index contributed by atoms with van der Waals surface area (Å²) in [5.74, 6) is 1.62. The number of nitrogens with zero attached hydrogens (tertiary/aromatic N) is 3. The molecule has 0 spiro atoms. The Morgan fingerprint density at radius 2 is 2.24 bits per heavy atom. The summed E-state index contributed by atoms with van der Waals surface area (Å²) in [6.07, 6.45) is 3.26. The van der Waals surface area contributed by atoms with Crippen LogP contribution in [-0.4, -0.2) is 38.6 Å². The van der Waals surface area contributed by atoms with Gasteiger partial charge in [0.05, 0.1) is 0 Å². The van der Waals surface area contributed by atoms with E-state index in [1.54, 1.807) is 0 Å². The van der Waals surface area contributed by atoms with E-state index in [9.17, 15) is 4.79 Å². The third-order valence-electron chi connectivity index (χ3n) is 3.38. The molecule has 1 aliphatic carbocycles. The Hall–Kier alpha value is -1.39. The van der Waals surface area contributed by atoms with Crippen molar-refractivity contribution < 1.29 is 4.79 Å². The fourth-order valence-electron chi connectivity index (χ4n) is 1.91. The summed E-state index contributed by atoms with van der Waals surface area (Å²) in [6, 6.07) is 0.232. The van der Waals surface area contributed by atoms with Crippen LogP contribution < -0.4 is 0 Å². The maximum absolute atomic E-state index is 12.2. The number of carbonyl (C=O) groups excluding carboxylic acids is 1. The Labute approximate surface area is 102 Å². The van der Waals surface area contributed by atoms with Gasteiger partial charge >= 0.3 is 0 Å². The van der Waals surface area contributed by atoms with Crippen LogP contribution in [0.5, 0.6) is 0 Å². The summed E-state index contributed by atoms with van der Waals surface area (Å²) in [4.78, 5) is 18.3. The van der Waals surface area contributed by atoms with E-state index in [0.717, 1.165) is 25.1 Å². The Morgan fingerprint density at radius 3 is 2.76 bits per heavy atom. The number of hydrogen-bond donors (Lipinski definition) is 1. The van der Waals surface area contributed by atoms with E-state index in [1.165, 1.54) is 0 Å². The highest BCUT2D eigenvalue weighted by Crippen LogP contribution is 2.37. The van der Waals surface area contributed by atoms with E-state index in [1.807, 2.05) is 11.8 Å². The molecule has 1 amide bonds. The monoisotopic (exact) mass is 236 g/mol. The normalized spacial score (nSPS) is 16.9. The number of H-pyrrole nitrogens is 1. The Bertz CT molecular complexity index is 397. The van der Waals surface area contributed by atoms with Crippen LogP contribution in [0, 0.1) is 0 Å². The van der Waals surface area contributed by atoms with Gasteiger partial charge in [0, 0.05) is 18.5 Å². The molecule has 17 heavy (non-hydrogen) atoms. The molecule has 0 aromatic carbocycles. The summed E-state index contributed by atoms with van der Waals surface area (Å²) in [5.41, 5.74) is 0. The molecule has 0 saturated heterocycles. The van der Waals surface area contributed by atoms with E-state index in [2.05, 4.69) is 29.0 Å². The van der Waals surface area contributed by atoms with Crippen molar-refractivity contribution >= 4 is 5.91 Å². The molecule has 1 aromatic rings. The highest BCUT2D eigenvalue weighted by atomic mass is 16.2. The number of nitrogens with one attached hydrogen (secondary N) is 1. The van der Waals surface area contributed by atoms with Gasteiger partial charge in [0.15, 0.2) is 0 Å². The molecule has 5 heteroatoms. The third kappa shape index (κ3) is 2.48. The molecular formula is C12H20N4O. The molecule has 5 nitrogen and oxygen atoms in total. The lowest BCUT2D eigenvalue weighted by atomic mass is 10.2. The molecule has 1 heterocycles. The van der Waals surface area contributed by atoms with Crippen molar-refractivity contribution in [1.82, 2.24) is 20.1 Å². The molecule has 94 valence electrons. The highest BCUT2D eigenvalue weighted by molar-refractivity contribution is 5.90. The third-order valence-corrected chi connectivity index (χ3v) is 3.38. The summed E-state index contributed by atoms with van der Waals surface area (Å²) in [6.45, 7) is 6.81. The van der Waals surface area contributed by atoms with Gasteiger partial charge in [-0.15, -0.1) is 5.10 Å². The quantitative estimate of drug-likeness (QED) is 0.849. The predicted molar refractivity (Wildman–Crippen MR) is 64.8 cm³/mol. The van der Waals surface area contributed by atoms with Gasteiger partial charge in [0.1, 0.15) is 5.82 Å². The van der Waals surface area contributed by atoms with Crippen molar-refractivity contribution in [3.63, 3.8) is 0 Å². The van der Waals surface area contributed by atoms with Crippen LogP contribution in [0.1, 0.15) is 62.4 Å². The first-order valence-corrected chi connectivity index (χ1v) is 6.40. The molecule has 1 unspecified atom stereocenters. The minimum absolute atomic E-state index is 0.0648. The summed E-state index contributed by atoms with van der Waals surface area (Å²) < 4.78 is 0. The minimum Gasteiger partial charge on any atom is -0.333 e. The summed E-state index contributed by atoms with van der Waals surface area (Å²) >= 11 is 0. The molecule has 2 rings (SSSR count). The van der Waals surface area contributed by atoms with Crippen LogP contribution in [0.15, 0.2) is 0 Å². The molecule has 1 atom stereocenters. The van der Waals surface area contributed by atoms with Gasteiger partial charge in [-0.25, -0.2) is 4.98 Å². The Kier molecular flexibility index (Phi) is 3.45. The minimum atomic E-state index is -0.0648. The molecule has 0 bridgehead atoms. The first-order valence-electron chi connectivity index (χ1n) is 6.40. The number of rotatable bonds is 5. The van der Waals surface area contributed by atoms with E-state index in [0.29, 0.717) is 18.3 Å². The first kappa shape index (κ1) is 12.1. The van der Waals surface area contributed by atoms with Crippen LogP contribution >= 0.6 is 0 Å². The van der Waals surface area contributed by atoms with Crippen molar-refractivity contribution in [3.8, 4) is 0 Å². The van der Waals surface area contributed by atoms with Gasteiger partial charge in [-0.3, -0.25) is 9.89 Å². The molecule has 0 aliphatic heterocycles. The second kappa shape index (κ2) is 4.85. The average molecular weight is 236 g/mol. The maximum atomic E-state index is 12.2. The van der Waals surface area contributed by atoms with E-state index < -0.39 is 0 Å². The van der Waals surface area contributed by atoms with Crippen LogP contribution in [0.2, 0.25) is 0 Å². The number of aromatic amines is 1. The molecule has 1 N–H and O–H groups in total. The van der Waals surface area contributed by atoms with E-state index in [-0.39, 0.29) is 11.9 Å². The lowest BCUT2D eigenvalue weighted by Crippen LogP contribution is -2.38. The fraction of sp³-hybridized carbons (Fsp3) is 0.750. The van der Waals surface area contributed by atoms with Crippen molar-refractivity contribution in [1.29, 1.82) is 0 Å². The second-order valence-electron chi connectivity index (χ2n) is 4.67. The lowest BCUT2D eigenvalue weighted by Gasteiger charge is -2.25. The van der Waals surface area contributed by atoms with Crippen LogP contribution in [0.25, 0.3) is 0 Å². The SMILES string of the molecule is CCC(C)N(CC)C(=O)c1n[nH]c(C2CC2)n1. The average Bonchev–Trinajstić information content (AvgIpc) is 3.07. The lowest BCUT2D eigenvalue weighted by molar-refractivity contribution is 0.0687. The number of hydrogen-bond acceptors (Lipinski definition) is 3. The van der Waals surface area contributed by atoms with Gasteiger partial charge in [-0.05, 0) is 33.1 Å². The number of carbonyl (C=O) groups is 1. The van der Waals surface area contributed by atoms with Crippen molar-refractivity contribution in [2.45, 2.75) is 52.0 Å². The Morgan fingerprint density at radius 1 is 1.53 bits per heavy atom. The fourth-order valence-corrected chi connectivity index (χ4v) is 1.91. The highest BCUT2D eigenvalue weighted by Gasteiger charge is 2.29. The summed E-state index contributed by atoms with van der Waals surface area (Å²) in [7, 11) is 0. The molecule has 1 fully saturated rings. The smallest absolute Gasteiger partial charge is 0.293 e. The second-order valence-corrected chi connectivity index (χ2v) is 4.67. The predicted octanol–water partition coefficient (Wildman–Crippen LogP) is 1.94. The topological polar surface area (TPSA) is 61.9 Å². The largest absolute Gasteiger partial charge is 0.333 e. The Balaban J connectivity index is 2.10. The van der Waals surface area contributed by atoms with Crippen molar-refractivity contribution in [3.05, 3.63) is 11.6 Å². The number of aromatic nitrogens is 3. The zero-order valence-corrected chi connectivity index (χ0v) is 10.7. The van der Waals surface area contributed by atoms with Gasteiger partial charge in [0.25, 0.3) is 5.91 Å². The van der Waals surface area contributed by atoms with Crippen LogP contribution in [0.3, 0.4) is 0 Å². The van der Waals surface area contributed by atoms with Crippen LogP contribution in [-0.2, 0) is 0 Å². The summed E-state index contributed by atoms with van der Waals surface area (Å²) in [5, 5.41) is 6.91. The van der Waals surface area contributed by atoms with Crippen molar-refractivity contribution in [2.24, 2.45) is 0 Å². The molecule has 1 aromatic heterocycles.